The number of anilines is 1. The monoisotopic (exact) mass is 444 g/mol. The molecule has 0 spiro atoms. The van der Waals surface area contributed by atoms with Gasteiger partial charge in [0.05, 0.1) is 18.8 Å². The van der Waals surface area contributed by atoms with Crippen LogP contribution in [0, 0.1) is 0 Å². The Morgan fingerprint density at radius 2 is 2.03 bits per heavy atom. The van der Waals surface area contributed by atoms with Crippen molar-refractivity contribution in [2.24, 2.45) is 0 Å². The summed E-state index contributed by atoms with van der Waals surface area (Å²) in [5.41, 5.74) is 1.10. The minimum Gasteiger partial charge on any atom is -0.492 e. The van der Waals surface area contributed by atoms with Crippen molar-refractivity contribution in [3.63, 3.8) is 0 Å². The molecule has 2 aromatic heterocycles. The molecule has 0 radical (unpaired) electrons. The lowest BCUT2D eigenvalue weighted by Gasteiger charge is -2.26. The Kier molecular flexibility index (Phi) is 5.80. The molecule has 1 amide bonds. The molecule has 0 aliphatic carbocycles. The highest BCUT2D eigenvalue weighted by atomic mass is 32.2. The topological polar surface area (TPSA) is 101 Å². The number of thiazole rings is 1. The fraction of sp³-hybridized carbons (Fsp3) is 0.250. The van der Waals surface area contributed by atoms with Crippen LogP contribution >= 0.6 is 11.3 Å². The predicted octanol–water partition coefficient (Wildman–Crippen LogP) is 2.94. The van der Waals surface area contributed by atoms with Gasteiger partial charge in [-0.05, 0) is 31.2 Å². The summed E-state index contributed by atoms with van der Waals surface area (Å²) in [4.78, 5) is 21.8. The lowest BCUT2D eigenvalue weighted by atomic mass is 10.2. The number of amides is 1. The molecular weight excluding hydrogens is 424 g/mol. The Labute approximate surface area is 178 Å². The summed E-state index contributed by atoms with van der Waals surface area (Å²) in [6.45, 7) is 2.71. The van der Waals surface area contributed by atoms with Crippen molar-refractivity contribution < 1.29 is 17.9 Å². The molecule has 0 saturated heterocycles. The average Bonchev–Trinajstić information content (AvgIpc) is 3.16. The molecule has 1 aliphatic rings. The first kappa shape index (κ1) is 20.5. The average molecular weight is 445 g/mol. The van der Waals surface area contributed by atoms with Gasteiger partial charge < -0.3 is 4.74 Å². The minimum atomic E-state index is -3.72. The van der Waals surface area contributed by atoms with Crippen molar-refractivity contribution in [2.75, 3.05) is 18.5 Å². The summed E-state index contributed by atoms with van der Waals surface area (Å²) in [5.74, 6) is -0.00442. The van der Waals surface area contributed by atoms with Crippen molar-refractivity contribution in [2.45, 2.75) is 24.8 Å². The molecule has 1 N–H and O–H groups in total. The molecule has 0 saturated carbocycles. The van der Waals surface area contributed by atoms with Crippen molar-refractivity contribution >= 4 is 32.4 Å². The summed E-state index contributed by atoms with van der Waals surface area (Å²) in [7, 11) is -3.72. The van der Waals surface area contributed by atoms with E-state index in [2.05, 4.69) is 15.3 Å². The van der Waals surface area contributed by atoms with Crippen LogP contribution in [0.15, 0.2) is 53.6 Å². The Morgan fingerprint density at radius 3 is 2.80 bits per heavy atom. The third kappa shape index (κ3) is 4.07. The maximum atomic E-state index is 13.2. The molecule has 0 atom stereocenters. The molecule has 10 heteroatoms. The highest BCUT2D eigenvalue weighted by molar-refractivity contribution is 7.89. The number of hydrogen-bond donors (Lipinski definition) is 1. The van der Waals surface area contributed by atoms with Gasteiger partial charge in [0.25, 0.3) is 5.91 Å². The zero-order chi connectivity index (χ0) is 21.1. The second-order valence-corrected chi connectivity index (χ2v) is 9.52. The number of sulfonamides is 1. The van der Waals surface area contributed by atoms with Gasteiger partial charge in [-0.1, -0.05) is 18.2 Å². The van der Waals surface area contributed by atoms with Crippen LogP contribution < -0.4 is 10.1 Å². The summed E-state index contributed by atoms with van der Waals surface area (Å²) < 4.78 is 33.4. The molecule has 1 aromatic carbocycles. The van der Waals surface area contributed by atoms with E-state index >= 15 is 0 Å². The van der Waals surface area contributed by atoms with E-state index in [9.17, 15) is 13.2 Å². The lowest BCUT2D eigenvalue weighted by Crippen LogP contribution is -2.35. The molecule has 0 unspecified atom stereocenters. The molecule has 3 aromatic rings. The van der Waals surface area contributed by atoms with Gasteiger partial charge >= 0.3 is 0 Å². The summed E-state index contributed by atoms with van der Waals surface area (Å²) in [6, 6.07) is 11.7. The van der Waals surface area contributed by atoms with Crippen LogP contribution in [0.25, 0.3) is 0 Å². The molecule has 30 heavy (non-hydrogen) atoms. The molecule has 0 fully saturated rings. The number of carbonyl (C=O) groups excluding carboxylic acids is 1. The number of para-hydroxylation sites is 1. The molecular formula is C20H20N4O4S2. The third-order valence-electron chi connectivity index (χ3n) is 4.58. The van der Waals surface area contributed by atoms with E-state index in [0.29, 0.717) is 36.1 Å². The van der Waals surface area contributed by atoms with Crippen molar-refractivity contribution in [1.29, 1.82) is 0 Å². The zero-order valence-corrected chi connectivity index (χ0v) is 17.9. The fourth-order valence-electron chi connectivity index (χ4n) is 3.17. The van der Waals surface area contributed by atoms with Gasteiger partial charge in [0.1, 0.15) is 16.3 Å². The SMILES string of the molecule is CCOc1ccccc1S(=O)(=O)N1CCc2nc(NC(=O)c3ccccn3)sc2C1. The molecule has 8 nitrogen and oxygen atoms in total. The largest absolute Gasteiger partial charge is 0.492 e. The maximum Gasteiger partial charge on any atom is 0.276 e. The highest BCUT2D eigenvalue weighted by Crippen LogP contribution is 2.33. The van der Waals surface area contributed by atoms with Crippen LogP contribution in [0.2, 0.25) is 0 Å². The van der Waals surface area contributed by atoms with Crippen LogP contribution in [0.5, 0.6) is 5.75 Å². The Balaban J connectivity index is 1.54. The van der Waals surface area contributed by atoms with Crippen LogP contribution in [0.3, 0.4) is 0 Å². The van der Waals surface area contributed by atoms with Gasteiger partial charge in [-0.3, -0.25) is 15.1 Å². The third-order valence-corrected chi connectivity index (χ3v) is 7.46. The van der Waals surface area contributed by atoms with E-state index < -0.39 is 10.0 Å². The second kappa shape index (κ2) is 8.50. The van der Waals surface area contributed by atoms with Gasteiger partial charge in [0.15, 0.2) is 5.13 Å². The smallest absolute Gasteiger partial charge is 0.276 e. The van der Waals surface area contributed by atoms with Crippen molar-refractivity contribution in [3.8, 4) is 5.75 Å². The quantitative estimate of drug-likeness (QED) is 0.627. The van der Waals surface area contributed by atoms with Crippen molar-refractivity contribution in [1.82, 2.24) is 14.3 Å². The van der Waals surface area contributed by atoms with Crippen LogP contribution in [0.1, 0.15) is 28.0 Å². The molecule has 156 valence electrons. The minimum absolute atomic E-state index is 0.156. The van der Waals surface area contributed by atoms with E-state index in [-0.39, 0.29) is 17.3 Å². The number of hydrogen-bond acceptors (Lipinski definition) is 7. The van der Waals surface area contributed by atoms with E-state index in [1.54, 1.807) is 48.7 Å². The normalized spacial score (nSPS) is 14.2. The van der Waals surface area contributed by atoms with E-state index in [4.69, 9.17) is 4.74 Å². The molecule has 3 heterocycles. The Bertz CT molecular complexity index is 1160. The standard InChI is InChI=1S/C20H20N4O4S2/c1-2-28-16-8-3-4-9-18(16)30(26,27)24-12-10-14-17(13-24)29-20(22-14)23-19(25)15-7-5-6-11-21-15/h3-9,11H,2,10,12-13H2,1H3,(H,22,23,25). The van der Waals surface area contributed by atoms with Crippen LogP contribution in [0.4, 0.5) is 5.13 Å². The molecule has 1 aliphatic heterocycles. The maximum absolute atomic E-state index is 13.2. The van der Waals surface area contributed by atoms with Gasteiger partial charge in [-0.15, -0.1) is 11.3 Å². The number of benzene rings is 1. The summed E-state index contributed by atoms with van der Waals surface area (Å²) in [6.07, 6.45) is 2.02. The number of rotatable bonds is 6. The predicted molar refractivity (Wildman–Crippen MR) is 113 cm³/mol. The van der Waals surface area contributed by atoms with Crippen LogP contribution in [-0.4, -0.2) is 41.7 Å². The number of nitrogens with zero attached hydrogens (tertiary/aromatic N) is 3. The first-order chi connectivity index (χ1) is 14.5. The number of carbonyl (C=O) groups is 1. The van der Waals surface area contributed by atoms with Crippen LogP contribution in [-0.2, 0) is 23.0 Å². The Hall–Kier alpha value is -2.82. The van der Waals surface area contributed by atoms with Gasteiger partial charge in [-0.25, -0.2) is 13.4 Å². The number of pyridine rings is 1. The highest BCUT2D eigenvalue weighted by Gasteiger charge is 2.32. The van der Waals surface area contributed by atoms with Gasteiger partial charge in [-0.2, -0.15) is 4.31 Å². The second-order valence-electron chi connectivity index (χ2n) is 6.53. The fourth-order valence-corrected chi connectivity index (χ4v) is 5.81. The lowest BCUT2D eigenvalue weighted by molar-refractivity contribution is 0.102. The van der Waals surface area contributed by atoms with E-state index in [1.165, 1.54) is 15.6 Å². The summed E-state index contributed by atoms with van der Waals surface area (Å²) in [5, 5.41) is 3.18. The van der Waals surface area contributed by atoms with Gasteiger partial charge in [0, 0.05) is 24.0 Å². The van der Waals surface area contributed by atoms with E-state index in [0.717, 1.165) is 10.6 Å². The number of ether oxygens (including phenoxy) is 1. The van der Waals surface area contributed by atoms with Gasteiger partial charge in [0.2, 0.25) is 10.0 Å². The molecule has 0 bridgehead atoms. The first-order valence-corrected chi connectivity index (χ1v) is 11.7. The van der Waals surface area contributed by atoms with E-state index in [1.807, 2.05) is 6.92 Å². The zero-order valence-electron chi connectivity index (χ0n) is 16.2. The molecule has 4 rings (SSSR count). The first-order valence-electron chi connectivity index (χ1n) is 9.42. The number of aromatic nitrogens is 2. The number of nitrogens with one attached hydrogen (secondary N) is 1. The number of fused-ring (bicyclic) bond motifs is 1. The Morgan fingerprint density at radius 1 is 1.23 bits per heavy atom. The van der Waals surface area contributed by atoms with Crippen molar-refractivity contribution in [3.05, 3.63) is 64.9 Å². The summed E-state index contributed by atoms with van der Waals surface area (Å²) >= 11 is 1.28.